The van der Waals surface area contributed by atoms with Crippen molar-refractivity contribution in [3.63, 3.8) is 0 Å². The van der Waals surface area contributed by atoms with Crippen molar-refractivity contribution in [2.24, 2.45) is 0 Å². The molecule has 3 unspecified atom stereocenters. The van der Waals surface area contributed by atoms with Crippen LogP contribution < -0.4 is 5.56 Å². The molecular weight excluding hydrogens is 567 g/mol. The fourth-order valence-corrected chi connectivity index (χ4v) is 3.69. The largest absolute Gasteiger partial charge is 0.459 e. The van der Waals surface area contributed by atoms with Gasteiger partial charge in [0.1, 0.15) is 18.8 Å². The number of H-pyrrole nitrogens is 1. The van der Waals surface area contributed by atoms with E-state index in [1.807, 2.05) is 59.8 Å². The van der Waals surface area contributed by atoms with Gasteiger partial charge in [-0.1, -0.05) is 75.2 Å². The highest BCUT2D eigenvalue weighted by atomic mass is 35.5. The molecule has 3 atom stereocenters. The number of fused-ring (bicyclic) bond motifs is 1. The summed E-state index contributed by atoms with van der Waals surface area (Å²) >= 11 is 11.5. The first kappa shape index (κ1) is 35.8. The fraction of sp³-hybridized carbons (Fsp3) is 0.400. The number of nitrogens with zero attached hydrogens (tertiary/aromatic N) is 3. The van der Waals surface area contributed by atoms with E-state index in [0.29, 0.717) is 22.8 Å². The van der Waals surface area contributed by atoms with Gasteiger partial charge in [0.05, 0.1) is 11.7 Å². The molecule has 2 aromatic heterocycles. The van der Waals surface area contributed by atoms with Gasteiger partial charge in [0.25, 0.3) is 5.56 Å². The van der Waals surface area contributed by atoms with Crippen LogP contribution in [0.3, 0.4) is 0 Å². The van der Waals surface area contributed by atoms with E-state index in [1.165, 1.54) is 6.20 Å². The molecule has 4 rings (SSSR count). The average Bonchev–Trinajstić information content (AvgIpc) is 3.62. The predicted molar refractivity (Wildman–Crippen MR) is 165 cm³/mol. The lowest BCUT2D eigenvalue weighted by Gasteiger charge is -2.17. The number of methoxy groups -OCH3 is 1. The topological polar surface area (TPSA) is 108 Å². The summed E-state index contributed by atoms with van der Waals surface area (Å²) in [6.07, 6.45) is 7.99. The molecule has 1 aromatic carbocycles. The average molecular weight is 608 g/mol. The molecule has 0 bridgehead atoms. The zero-order valence-corrected chi connectivity index (χ0v) is 26.2. The normalized spacial score (nSPS) is 18.0. The zero-order chi connectivity index (χ0) is 30.9. The molecule has 3 aromatic rings. The highest BCUT2D eigenvalue weighted by Crippen LogP contribution is 2.33. The van der Waals surface area contributed by atoms with E-state index >= 15 is 0 Å². The van der Waals surface area contributed by atoms with Crippen molar-refractivity contribution in [1.29, 1.82) is 0 Å². The number of hydrogen-bond donors (Lipinski definition) is 1. The Morgan fingerprint density at radius 1 is 1.20 bits per heavy atom. The third-order valence-corrected chi connectivity index (χ3v) is 6.01. The van der Waals surface area contributed by atoms with Gasteiger partial charge in [-0.15, -0.1) is 10.2 Å². The Balaban J connectivity index is 0.000000551. The number of aromatic amines is 1. The van der Waals surface area contributed by atoms with Crippen LogP contribution in [-0.2, 0) is 14.2 Å². The van der Waals surface area contributed by atoms with Crippen LogP contribution in [0.5, 0.6) is 0 Å². The number of halogens is 2. The maximum absolute atomic E-state index is 12.2. The fourth-order valence-electron chi connectivity index (χ4n) is 3.50. The first-order valence-corrected chi connectivity index (χ1v) is 14.2. The lowest BCUT2D eigenvalue weighted by molar-refractivity contribution is -0.0452. The van der Waals surface area contributed by atoms with Crippen molar-refractivity contribution in [3.8, 4) is 0 Å². The molecule has 3 heterocycles. The number of carbonyl (C=O) groups excluding carboxylic acids is 1. The van der Waals surface area contributed by atoms with Crippen molar-refractivity contribution in [2.45, 2.75) is 66.3 Å². The molecule has 0 saturated carbocycles. The molecule has 11 heteroatoms. The van der Waals surface area contributed by atoms with Crippen LogP contribution in [0.15, 0.2) is 76.9 Å². The summed E-state index contributed by atoms with van der Waals surface area (Å²) in [7, 11) is 1.57. The summed E-state index contributed by atoms with van der Waals surface area (Å²) in [6.45, 7) is 15.5. The minimum Gasteiger partial charge on any atom is -0.459 e. The van der Waals surface area contributed by atoms with Crippen LogP contribution in [0, 0.1) is 0 Å². The first-order valence-electron chi connectivity index (χ1n) is 13.4. The van der Waals surface area contributed by atoms with E-state index < -0.39 is 18.2 Å². The van der Waals surface area contributed by atoms with Crippen molar-refractivity contribution >= 4 is 34.8 Å². The van der Waals surface area contributed by atoms with Crippen LogP contribution in [0.4, 0.5) is 0 Å². The van der Waals surface area contributed by atoms with E-state index in [4.69, 9.17) is 37.4 Å². The second-order valence-electron chi connectivity index (χ2n) is 8.17. The Morgan fingerprint density at radius 2 is 1.85 bits per heavy atom. The molecule has 1 aliphatic heterocycles. The number of benzene rings is 1. The summed E-state index contributed by atoms with van der Waals surface area (Å²) in [4.78, 5) is 26.6. The van der Waals surface area contributed by atoms with Crippen LogP contribution in [0.1, 0.15) is 70.2 Å². The lowest BCUT2D eigenvalue weighted by atomic mass is 10.1. The Bertz CT molecular complexity index is 1350. The number of aromatic nitrogens is 4. The number of rotatable bonds is 7. The highest BCUT2D eigenvalue weighted by molar-refractivity contribution is 6.31. The molecule has 0 amide bonds. The molecule has 1 saturated heterocycles. The summed E-state index contributed by atoms with van der Waals surface area (Å²) in [5.74, 6) is 0.0210. The maximum atomic E-state index is 12.2. The van der Waals surface area contributed by atoms with Gasteiger partial charge in [0.15, 0.2) is 5.82 Å². The molecule has 41 heavy (non-hydrogen) atoms. The minimum atomic E-state index is -0.474. The molecule has 9 nitrogen and oxygen atoms in total. The quantitative estimate of drug-likeness (QED) is 0.226. The molecular formula is C30H40Cl2N4O5. The summed E-state index contributed by atoms with van der Waals surface area (Å²) in [6, 6.07) is 6.43. The van der Waals surface area contributed by atoms with Crippen LogP contribution in [0.2, 0.25) is 5.02 Å². The molecule has 0 aliphatic carbocycles. The molecule has 1 aliphatic rings. The maximum Gasteiger partial charge on any atom is 0.338 e. The standard InChI is InChI=1S/C18H17ClN4O5.C8H11Cl.2C2H6/c1-26-12-8-13(15-21-22-16-17(24)20-6-7-23(15)16)28-14(12)9-27-18(25)10-2-4-11(19)5-3-10;1-4-8(9)6-5-7(2)3;2*1-2/h2-7,12-14H,8-9H2,1H3,(H,20,24);4-6H,2H2,1,3H3;2*1-2H3/b;6-5-,8-4+;;. The minimum absolute atomic E-state index is 0.0216. The van der Waals surface area contributed by atoms with Crippen molar-refractivity contribution in [1.82, 2.24) is 19.6 Å². The number of esters is 1. The van der Waals surface area contributed by atoms with Crippen LogP contribution >= 0.6 is 23.2 Å². The lowest BCUT2D eigenvalue weighted by Crippen LogP contribution is -2.29. The highest BCUT2D eigenvalue weighted by Gasteiger charge is 2.39. The van der Waals surface area contributed by atoms with Crippen LogP contribution in [0.25, 0.3) is 5.65 Å². The Kier molecular flexibility index (Phi) is 16.6. The van der Waals surface area contributed by atoms with E-state index in [9.17, 15) is 9.59 Å². The number of ether oxygens (including phenoxy) is 3. The third kappa shape index (κ3) is 10.9. The molecule has 0 spiro atoms. The van der Waals surface area contributed by atoms with Gasteiger partial charge in [0, 0.05) is 36.0 Å². The van der Waals surface area contributed by atoms with E-state index in [1.54, 1.807) is 42.0 Å². The Morgan fingerprint density at radius 3 is 2.44 bits per heavy atom. The van der Waals surface area contributed by atoms with Gasteiger partial charge in [-0.2, -0.15) is 0 Å². The first-order chi connectivity index (χ1) is 19.7. The van der Waals surface area contributed by atoms with Gasteiger partial charge in [-0.25, -0.2) is 4.79 Å². The summed E-state index contributed by atoms with van der Waals surface area (Å²) in [5.41, 5.74) is 1.26. The van der Waals surface area contributed by atoms with Gasteiger partial charge in [0.2, 0.25) is 5.65 Å². The second kappa shape index (κ2) is 19.0. The van der Waals surface area contributed by atoms with E-state index in [-0.39, 0.29) is 23.9 Å². The molecule has 0 radical (unpaired) electrons. The van der Waals surface area contributed by atoms with Crippen molar-refractivity contribution < 1.29 is 19.0 Å². The van der Waals surface area contributed by atoms with E-state index in [2.05, 4.69) is 21.8 Å². The third-order valence-electron chi connectivity index (χ3n) is 5.42. The van der Waals surface area contributed by atoms with Gasteiger partial charge in [-0.05, 0) is 44.2 Å². The SMILES string of the molecule is C=C(C)/C=C\C(Cl)=C/C.CC.CC.COC1CC(c2nnc3c(=O)[nH]ccn23)OC1COC(=O)c1ccc(Cl)cc1. The smallest absolute Gasteiger partial charge is 0.338 e. The van der Waals surface area contributed by atoms with Gasteiger partial charge in [-0.3, -0.25) is 9.20 Å². The monoisotopic (exact) mass is 606 g/mol. The summed E-state index contributed by atoms with van der Waals surface area (Å²) in [5, 5.41) is 9.28. The van der Waals surface area contributed by atoms with Crippen molar-refractivity contribution in [3.05, 3.63) is 98.8 Å². The van der Waals surface area contributed by atoms with Crippen LogP contribution in [-0.4, -0.2) is 51.5 Å². The molecule has 224 valence electrons. The zero-order valence-electron chi connectivity index (χ0n) is 24.7. The Labute approximate surface area is 251 Å². The predicted octanol–water partition coefficient (Wildman–Crippen LogP) is 7.09. The number of allylic oxidation sites excluding steroid dienone is 5. The van der Waals surface area contributed by atoms with E-state index in [0.717, 1.165) is 10.6 Å². The number of carbonyl (C=O) groups is 1. The second-order valence-corrected chi connectivity index (χ2v) is 9.05. The van der Waals surface area contributed by atoms with Gasteiger partial charge < -0.3 is 19.2 Å². The Hall–Kier alpha value is -3.24. The molecule has 1 N–H and O–H groups in total. The van der Waals surface area contributed by atoms with Gasteiger partial charge >= 0.3 is 5.97 Å². The van der Waals surface area contributed by atoms with Crippen molar-refractivity contribution in [2.75, 3.05) is 13.7 Å². The summed E-state index contributed by atoms with van der Waals surface area (Å²) < 4.78 is 18.4. The number of hydrogen-bond acceptors (Lipinski definition) is 7. The molecule has 1 fully saturated rings. The number of nitrogens with one attached hydrogen (secondary N) is 1.